The van der Waals surface area contributed by atoms with Crippen molar-refractivity contribution in [2.45, 2.75) is 0 Å². The number of benzene rings is 2. The average Bonchev–Trinajstić information content (AvgIpc) is 2.78. The van der Waals surface area contributed by atoms with Crippen molar-refractivity contribution in [2.24, 2.45) is 0 Å². The monoisotopic (exact) mass is 384 g/mol. The summed E-state index contributed by atoms with van der Waals surface area (Å²) >= 11 is 0. The SMILES string of the molecule is [2H]C([2H])([2H])N(c1ccc(C(=C2C=CC(=[N+](C([2H])([2H])[2H])C([2H])([2H])[2H])C=C2)c2ccc(N(C)C)cc2)cc1)C([2H])([2H])[2H]. The Labute approximate surface area is 186 Å². The Morgan fingerprint density at radius 2 is 1.21 bits per heavy atom. The zero-order valence-corrected chi connectivity index (χ0v) is 15.8. The summed E-state index contributed by atoms with van der Waals surface area (Å²) < 4.78 is 92.7. The fraction of sp³-hybridized carbons (Fsp3) is 0.240. The molecule has 0 spiro atoms. The van der Waals surface area contributed by atoms with Gasteiger partial charge >= 0.3 is 0 Å². The molecule has 0 heterocycles. The summed E-state index contributed by atoms with van der Waals surface area (Å²) in [7, 11) is 3.81. The Balaban J connectivity index is 2.20. The molecular formula is C25H30N3+. The van der Waals surface area contributed by atoms with Crippen molar-refractivity contribution in [3.05, 3.63) is 89.5 Å². The van der Waals surface area contributed by atoms with Crippen molar-refractivity contribution in [2.75, 3.05) is 51.8 Å². The van der Waals surface area contributed by atoms with E-state index in [1.807, 2.05) is 43.3 Å². The van der Waals surface area contributed by atoms with Crippen LogP contribution in [0, 0.1) is 0 Å². The Kier molecular flexibility index (Phi) is 2.79. The Morgan fingerprint density at radius 3 is 1.64 bits per heavy atom. The van der Waals surface area contributed by atoms with Gasteiger partial charge in [0.05, 0.1) is 8.22 Å². The van der Waals surface area contributed by atoms with E-state index in [0.29, 0.717) is 26.2 Å². The van der Waals surface area contributed by atoms with Gasteiger partial charge in [-0.15, -0.1) is 0 Å². The second-order valence-corrected chi connectivity index (χ2v) is 6.58. The van der Waals surface area contributed by atoms with Crippen LogP contribution >= 0.6 is 0 Å². The minimum atomic E-state index is -2.89. The third-order valence-corrected chi connectivity index (χ3v) is 4.50. The highest BCUT2D eigenvalue weighted by molar-refractivity contribution is 6.04. The van der Waals surface area contributed by atoms with Gasteiger partial charge in [0.25, 0.3) is 0 Å². The number of hydrogen-bond acceptors (Lipinski definition) is 2. The molecule has 2 aromatic rings. The number of allylic oxidation sites excluding steroid dienone is 5. The second kappa shape index (κ2) is 8.30. The predicted molar refractivity (Wildman–Crippen MR) is 123 cm³/mol. The first-order valence-corrected chi connectivity index (χ1v) is 8.67. The van der Waals surface area contributed by atoms with Crippen LogP contribution in [-0.4, -0.2) is 52.3 Å². The van der Waals surface area contributed by atoms with E-state index in [0.717, 1.165) is 11.3 Å². The zero-order chi connectivity index (χ0) is 30.3. The maximum absolute atomic E-state index is 7.69. The molecule has 3 rings (SSSR count). The standard InChI is InChI=1S/C25H30N3/c1-26(2)22-13-7-19(8-14-22)25(20-9-15-23(16-10-20)27(3)4)21-11-17-24(18-12-21)28(5)6/h7-18H,1-6H3/q+1/i1D3,2D3,3D3,4D3. The molecule has 0 N–H and O–H groups in total. The van der Waals surface area contributed by atoms with Gasteiger partial charge in [-0.3, -0.25) is 0 Å². The smallest absolute Gasteiger partial charge is 0.199 e. The maximum atomic E-state index is 7.69. The second-order valence-electron chi connectivity index (χ2n) is 6.58. The molecule has 144 valence electrons. The first-order chi connectivity index (χ1) is 18.2. The zero-order valence-electron chi connectivity index (χ0n) is 27.8. The average molecular weight is 385 g/mol. The molecule has 0 amide bonds. The number of hydrogen-bond donors (Lipinski definition) is 0. The van der Waals surface area contributed by atoms with Crippen LogP contribution in [0.5, 0.6) is 0 Å². The van der Waals surface area contributed by atoms with Crippen molar-refractivity contribution in [1.29, 1.82) is 0 Å². The molecule has 1 aliphatic carbocycles. The lowest BCUT2D eigenvalue weighted by Gasteiger charge is -2.18. The van der Waals surface area contributed by atoms with Gasteiger partial charge in [0, 0.05) is 59.8 Å². The molecule has 3 heteroatoms. The van der Waals surface area contributed by atoms with Gasteiger partial charge in [-0.25, -0.2) is 4.58 Å². The molecule has 0 aliphatic heterocycles. The summed E-state index contributed by atoms with van der Waals surface area (Å²) in [6.07, 6.45) is 6.06. The molecule has 2 aromatic carbocycles. The van der Waals surface area contributed by atoms with E-state index in [4.69, 9.17) is 16.4 Å². The van der Waals surface area contributed by atoms with Crippen LogP contribution < -0.4 is 9.80 Å². The van der Waals surface area contributed by atoms with E-state index in [9.17, 15) is 0 Å². The van der Waals surface area contributed by atoms with Crippen LogP contribution in [0.2, 0.25) is 0 Å². The molecular weight excluding hydrogens is 342 g/mol. The molecule has 0 fully saturated rings. The molecule has 1 aliphatic rings. The summed E-state index contributed by atoms with van der Waals surface area (Å²) in [6.45, 7) is -11.6. The van der Waals surface area contributed by atoms with Gasteiger partial charge < -0.3 is 9.80 Å². The molecule has 0 unspecified atom stereocenters. The maximum Gasteiger partial charge on any atom is 0.199 e. The summed E-state index contributed by atoms with van der Waals surface area (Å²) in [6, 6.07) is 13.7. The Morgan fingerprint density at radius 1 is 0.714 bits per heavy atom. The van der Waals surface area contributed by atoms with Crippen molar-refractivity contribution in [1.82, 2.24) is 0 Å². The van der Waals surface area contributed by atoms with Crippen LogP contribution in [0.4, 0.5) is 11.4 Å². The van der Waals surface area contributed by atoms with Gasteiger partial charge in [0.15, 0.2) is 5.71 Å². The van der Waals surface area contributed by atoms with Crippen molar-refractivity contribution >= 4 is 22.7 Å². The highest BCUT2D eigenvalue weighted by atomic mass is 15.1. The highest BCUT2D eigenvalue weighted by Crippen LogP contribution is 2.31. The molecule has 0 atom stereocenters. The largest absolute Gasteiger partial charge is 0.378 e. The summed E-state index contributed by atoms with van der Waals surface area (Å²) in [4.78, 5) is 2.34. The lowest BCUT2D eigenvalue weighted by atomic mass is 9.90. The van der Waals surface area contributed by atoms with E-state index in [1.54, 1.807) is 24.3 Å². The van der Waals surface area contributed by atoms with E-state index in [-0.39, 0.29) is 11.4 Å². The van der Waals surface area contributed by atoms with E-state index in [1.165, 1.54) is 24.3 Å². The summed E-state index contributed by atoms with van der Waals surface area (Å²) in [5, 5.41) is 0. The van der Waals surface area contributed by atoms with Crippen LogP contribution in [0.3, 0.4) is 0 Å². The van der Waals surface area contributed by atoms with Gasteiger partial charge in [0.2, 0.25) is 0 Å². The van der Waals surface area contributed by atoms with Crippen molar-refractivity contribution in [3.63, 3.8) is 0 Å². The van der Waals surface area contributed by atoms with Crippen molar-refractivity contribution in [3.8, 4) is 0 Å². The van der Waals surface area contributed by atoms with Crippen LogP contribution in [0.1, 0.15) is 27.6 Å². The fourth-order valence-corrected chi connectivity index (χ4v) is 2.98. The van der Waals surface area contributed by atoms with Crippen molar-refractivity contribution < 1.29 is 21.0 Å². The molecule has 0 saturated heterocycles. The van der Waals surface area contributed by atoms with Crippen LogP contribution in [-0.2, 0) is 0 Å². The summed E-state index contributed by atoms with van der Waals surface area (Å²) in [5.41, 5.74) is 3.66. The number of rotatable bonds is 4. The minimum absolute atomic E-state index is 0.00704. The Bertz CT molecular complexity index is 1290. The van der Waals surface area contributed by atoms with Gasteiger partial charge in [-0.2, -0.15) is 0 Å². The molecule has 0 bridgehead atoms. The van der Waals surface area contributed by atoms with Gasteiger partial charge in [0.1, 0.15) is 14.0 Å². The van der Waals surface area contributed by atoms with E-state index >= 15 is 0 Å². The molecule has 3 nitrogen and oxygen atoms in total. The van der Waals surface area contributed by atoms with Gasteiger partial charge in [-0.05, 0) is 58.7 Å². The Hall–Kier alpha value is -3.07. The number of nitrogens with zero attached hydrogens (tertiary/aromatic N) is 3. The normalized spacial score (nSPS) is 21.1. The first-order valence-electron chi connectivity index (χ1n) is 14.7. The lowest BCUT2D eigenvalue weighted by molar-refractivity contribution is -0.462. The summed E-state index contributed by atoms with van der Waals surface area (Å²) in [5.74, 6) is 0. The minimum Gasteiger partial charge on any atom is -0.378 e. The molecule has 28 heavy (non-hydrogen) atoms. The fourth-order valence-electron chi connectivity index (χ4n) is 2.98. The number of anilines is 2. The quantitative estimate of drug-likeness (QED) is 0.720. The third kappa shape index (κ3) is 4.25. The molecule has 0 saturated carbocycles. The molecule has 0 radical (unpaired) electrons. The van der Waals surface area contributed by atoms with Gasteiger partial charge in [-0.1, -0.05) is 24.3 Å². The first kappa shape index (κ1) is 9.42. The topological polar surface area (TPSA) is 9.49 Å². The van der Waals surface area contributed by atoms with E-state index < -0.39 is 27.9 Å². The predicted octanol–water partition coefficient (Wildman–Crippen LogP) is 4.46. The lowest BCUT2D eigenvalue weighted by Crippen LogP contribution is -2.10. The van der Waals surface area contributed by atoms with Crippen LogP contribution in [0.15, 0.2) is 78.4 Å². The molecule has 0 aromatic heterocycles. The third-order valence-electron chi connectivity index (χ3n) is 4.50. The highest BCUT2D eigenvalue weighted by Gasteiger charge is 2.13. The van der Waals surface area contributed by atoms with Crippen LogP contribution in [0.25, 0.3) is 5.57 Å². The van der Waals surface area contributed by atoms with E-state index in [2.05, 4.69) is 0 Å².